The van der Waals surface area contributed by atoms with E-state index in [-0.39, 0.29) is 5.54 Å². The minimum atomic E-state index is -0.130. The van der Waals surface area contributed by atoms with Gasteiger partial charge < -0.3 is 5.73 Å². The van der Waals surface area contributed by atoms with Gasteiger partial charge in [-0.3, -0.25) is 4.57 Å². The molecule has 0 aliphatic rings. The van der Waals surface area contributed by atoms with Gasteiger partial charge in [0.1, 0.15) is 0 Å². The number of nitrogens with zero attached hydrogens (tertiary/aromatic N) is 4. The third-order valence-electron chi connectivity index (χ3n) is 1.99. The molecular weight excluding hydrogens is 178 g/mol. The second-order valence-corrected chi connectivity index (χ2v) is 4.18. The Labute approximate surface area is 82.0 Å². The maximum atomic E-state index is 5.81. The Balaban J connectivity index is 2.81. The van der Waals surface area contributed by atoms with Crippen LogP contribution in [-0.2, 0) is 5.54 Å². The summed E-state index contributed by atoms with van der Waals surface area (Å²) in [6.07, 6.45) is 3.26. The largest absolute Gasteiger partial charge is 0.369 e. The molecule has 0 atom stereocenters. The maximum Gasteiger partial charge on any atom is 0.204 e. The standard InChI is InChI=1S/C9H13N5/c1-9(2,3)14-7-6(13-8(14)10)11-4-5-12-7/h4-5H,1-3H3,(H2,10,11,13). The number of nitrogens with two attached hydrogens (primary N) is 1. The molecule has 2 N–H and O–H groups in total. The predicted molar refractivity (Wildman–Crippen MR) is 54.7 cm³/mol. The number of rotatable bonds is 0. The molecule has 0 saturated carbocycles. The fourth-order valence-electron chi connectivity index (χ4n) is 1.49. The maximum absolute atomic E-state index is 5.81. The van der Waals surface area contributed by atoms with Gasteiger partial charge in [0.05, 0.1) is 0 Å². The van der Waals surface area contributed by atoms with Crippen LogP contribution in [0.2, 0.25) is 0 Å². The van der Waals surface area contributed by atoms with E-state index in [0.29, 0.717) is 11.6 Å². The molecule has 0 unspecified atom stereocenters. The average Bonchev–Trinajstić information content (AvgIpc) is 2.38. The van der Waals surface area contributed by atoms with Crippen molar-refractivity contribution in [2.45, 2.75) is 26.3 Å². The van der Waals surface area contributed by atoms with Crippen molar-refractivity contribution in [3.63, 3.8) is 0 Å². The third kappa shape index (κ3) is 1.21. The normalized spacial score (nSPS) is 12.2. The fourth-order valence-corrected chi connectivity index (χ4v) is 1.49. The minimum absolute atomic E-state index is 0.130. The van der Waals surface area contributed by atoms with E-state index in [2.05, 4.69) is 35.7 Å². The van der Waals surface area contributed by atoms with Gasteiger partial charge in [0.25, 0.3) is 0 Å². The molecule has 0 radical (unpaired) electrons. The van der Waals surface area contributed by atoms with Crippen molar-refractivity contribution >= 4 is 17.2 Å². The van der Waals surface area contributed by atoms with E-state index in [4.69, 9.17) is 5.73 Å². The van der Waals surface area contributed by atoms with Gasteiger partial charge in [-0.2, -0.15) is 4.98 Å². The smallest absolute Gasteiger partial charge is 0.204 e. The Hall–Kier alpha value is -1.65. The summed E-state index contributed by atoms with van der Waals surface area (Å²) in [6, 6.07) is 0. The molecule has 14 heavy (non-hydrogen) atoms. The Morgan fingerprint density at radius 3 is 2.50 bits per heavy atom. The number of aromatic nitrogens is 4. The second-order valence-electron chi connectivity index (χ2n) is 4.18. The van der Waals surface area contributed by atoms with Crippen molar-refractivity contribution in [3.05, 3.63) is 12.4 Å². The van der Waals surface area contributed by atoms with Gasteiger partial charge in [-0.25, -0.2) is 9.97 Å². The van der Waals surface area contributed by atoms with Gasteiger partial charge in [0.15, 0.2) is 11.3 Å². The molecule has 0 aromatic carbocycles. The molecule has 5 heteroatoms. The van der Waals surface area contributed by atoms with E-state index in [1.807, 2.05) is 4.57 Å². The molecule has 0 saturated heterocycles. The van der Waals surface area contributed by atoms with Crippen LogP contribution in [0.1, 0.15) is 20.8 Å². The summed E-state index contributed by atoms with van der Waals surface area (Å²) in [5.41, 5.74) is 7.01. The molecule has 0 spiro atoms. The zero-order valence-electron chi connectivity index (χ0n) is 8.52. The van der Waals surface area contributed by atoms with Crippen molar-refractivity contribution in [3.8, 4) is 0 Å². The van der Waals surface area contributed by atoms with Gasteiger partial charge >= 0.3 is 0 Å². The lowest BCUT2D eigenvalue weighted by Gasteiger charge is -2.21. The van der Waals surface area contributed by atoms with Crippen molar-refractivity contribution in [2.75, 3.05) is 5.73 Å². The highest BCUT2D eigenvalue weighted by Gasteiger charge is 2.20. The predicted octanol–water partition coefficient (Wildman–Crippen LogP) is 1.16. The lowest BCUT2D eigenvalue weighted by Crippen LogP contribution is -2.23. The van der Waals surface area contributed by atoms with Crippen molar-refractivity contribution in [2.24, 2.45) is 0 Å². The first kappa shape index (κ1) is 8.93. The first-order valence-corrected chi connectivity index (χ1v) is 4.45. The van der Waals surface area contributed by atoms with Crippen molar-refractivity contribution < 1.29 is 0 Å². The van der Waals surface area contributed by atoms with E-state index in [1.54, 1.807) is 12.4 Å². The first-order chi connectivity index (χ1) is 6.50. The zero-order valence-corrected chi connectivity index (χ0v) is 8.52. The molecule has 0 amide bonds. The van der Waals surface area contributed by atoms with E-state index in [0.717, 1.165) is 5.65 Å². The second kappa shape index (κ2) is 2.67. The number of imidazole rings is 1. The number of fused-ring (bicyclic) bond motifs is 1. The summed E-state index contributed by atoms with van der Waals surface area (Å²) in [7, 11) is 0. The van der Waals surface area contributed by atoms with E-state index < -0.39 is 0 Å². The monoisotopic (exact) mass is 191 g/mol. The average molecular weight is 191 g/mol. The Bertz CT molecular complexity index is 465. The van der Waals surface area contributed by atoms with Crippen LogP contribution >= 0.6 is 0 Å². The van der Waals surface area contributed by atoms with Gasteiger partial charge in [-0.1, -0.05) is 0 Å². The molecule has 0 fully saturated rings. The summed E-state index contributed by atoms with van der Waals surface area (Å²) in [5.74, 6) is 0.457. The van der Waals surface area contributed by atoms with Crippen LogP contribution in [-0.4, -0.2) is 19.5 Å². The van der Waals surface area contributed by atoms with E-state index in [9.17, 15) is 0 Å². The first-order valence-electron chi connectivity index (χ1n) is 4.45. The van der Waals surface area contributed by atoms with Gasteiger partial charge in [-0.15, -0.1) is 0 Å². The highest BCUT2D eigenvalue weighted by molar-refractivity contribution is 5.69. The summed E-state index contributed by atoms with van der Waals surface area (Å²) in [6.45, 7) is 6.16. The number of nitrogen functional groups attached to an aromatic ring is 1. The number of anilines is 1. The molecule has 2 heterocycles. The number of hydrogen-bond donors (Lipinski definition) is 1. The van der Waals surface area contributed by atoms with Crippen LogP contribution < -0.4 is 5.73 Å². The molecule has 5 nitrogen and oxygen atoms in total. The fraction of sp³-hybridized carbons (Fsp3) is 0.444. The minimum Gasteiger partial charge on any atom is -0.369 e. The summed E-state index contributed by atoms with van der Waals surface area (Å²) < 4.78 is 1.88. The molecule has 2 rings (SSSR count). The van der Waals surface area contributed by atoms with Crippen LogP contribution in [0.3, 0.4) is 0 Å². The quantitative estimate of drug-likeness (QED) is 0.678. The molecule has 2 aromatic heterocycles. The van der Waals surface area contributed by atoms with Gasteiger partial charge in [0, 0.05) is 17.9 Å². The molecule has 0 aliphatic heterocycles. The van der Waals surface area contributed by atoms with Gasteiger partial charge in [-0.05, 0) is 20.8 Å². The van der Waals surface area contributed by atoms with Crippen LogP contribution in [0.25, 0.3) is 11.3 Å². The van der Waals surface area contributed by atoms with E-state index >= 15 is 0 Å². The number of hydrogen-bond acceptors (Lipinski definition) is 4. The molecule has 74 valence electrons. The Morgan fingerprint density at radius 2 is 1.86 bits per heavy atom. The van der Waals surface area contributed by atoms with Crippen molar-refractivity contribution in [1.29, 1.82) is 0 Å². The molecular formula is C9H13N5. The topological polar surface area (TPSA) is 69.6 Å². The lowest BCUT2D eigenvalue weighted by molar-refractivity contribution is 0.412. The van der Waals surface area contributed by atoms with Crippen molar-refractivity contribution in [1.82, 2.24) is 19.5 Å². The van der Waals surface area contributed by atoms with Crippen LogP contribution in [0, 0.1) is 0 Å². The molecule has 2 aromatic rings. The molecule has 0 aliphatic carbocycles. The SMILES string of the molecule is CC(C)(C)n1c(N)nc2nccnc21. The van der Waals surface area contributed by atoms with Gasteiger partial charge in [0.2, 0.25) is 5.95 Å². The Kier molecular flexibility index (Phi) is 1.70. The van der Waals surface area contributed by atoms with E-state index in [1.165, 1.54) is 0 Å². The van der Waals surface area contributed by atoms with Crippen LogP contribution in [0.4, 0.5) is 5.95 Å². The third-order valence-corrected chi connectivity index (χ3v) is 1.99. The van der Waals surface area contributed by atoms with Crippen LogP contribution in [0.15, 0.2) is 12.4 Å². The highest BCUT2D eigenvalue weighted by atomic mass is 15.2. The molecule has 0 bridgehead atoms. The lowest BCUT2D eigenvalue weighted by atomic mass is 10.1. The highest BCUT2D eigenvalue weighted by Crippen LogP contribution is 2.23. The zero-order chi connectivity index (χ0) is 10.3. The summed E-state index contributed by atoms with van der Waals surface area (Å²) in [5, 5.41) is 0. The Morgan fingerprint density at radius 1 is 1.21 bits per heavy atom. The van der Waals surface area contributed by atoms with Crippen LogP contribution in [0.5, 0.6) is 0 Å². The summed E-state index contributed by atoms with van der Waals surface area (Å²) in [4.78, 5) is 12.5. The summed E-state index contributed by atoms with van der Waals surface area (Å²) >= 11 is 0.